The number of esters is 1. The molecule has 3 heteroatoms. The molecule has 82 valence electrons. The average Bonchev–Trinajstić information content (AvgIpc) is 2.15. The summed E-state index contributed by atoms with van der Waals surface area (Å²) < 4.78 is 10.6. The highest BCUT2D eigenvalue weighted by molar-refractivity contribution is 5.66. The molecule has 0 radical (unpaired) electrons. The predicted molar refractivity (Wildman–Crippen MR) is 54.1 cm³/mol. The Morgan fingerprint density at radius 1 is 1.14 bits per heavy atom. The Balaban J connectivity index is 2.26. The van der Waals surface area contributed by atoms with Crippen molar-refractivity contribution in [3.05, 3.63) is 0 Å². The third-order valence-electron chi connectivity index (χ3n) is 2.48. The number of hydrogen-bond donors (Lipinski definition) is 0. The topological polar surface area (TPSA) is 35.5 Å². The van der Waals surface area contributed by atoms with Gasteiger partial charge in [-0.1, -0.05) is 12.8 Å². The molecule has 3 nitrogen and oxygen atoms in total. The first-order chi connectivity index (χ1) is 6.79. The van der Waals surface area contributed by atoms with Crippen LogP contribution in [0, 0.1) is 0 Å². The van der Waals surface area contributed by atoms with Crippen LogP contribution in [0.25, 0.3) is 0 Å². The summed E-state index contributed by atoms with van der Waals surface area (Å²) in [5, 5.41) is 0. The molecule has 0 aromatic heterocycles. The smallest absolute Gasteiger partial charge is 0.302 e. The molecule has 1 rings (SSSR count). The summed E-state index contributed by atoms with van der Waals surface area (Å²) >= 11 is 0. The Labute approximate surface area is 85.8 Å². The maximum Gasteiger partial charge on any atom is 0.302 e. The van der Waals surface area contributed by atoms with Crippen molar-refractivity contribution in [1.29, 1.82) is 0 Å². The molecule has 1 saturated heterocycles. The zero-order valence-electron chi connectivity index (χ0n) is 8.96. The summed E-state index contributed by atoms with van der Waals surface area (Å²) in [5.41, 5.74) is 0. The molecule has 0 aromatic rings. The van der Waals surface area contributed by atoms with E-state index in [1.807, 2.05) is 0 Å². The van der Waals surface area contributed by atoms with E-state index in [0.717, 1.165) is 38.9 Å². The fraction of sp³-hybridized carbons (Fsp3) is 0.909. The van der Waals surface area contributed by atoms with Gasteiger partial charge in [-0.2, -0.15) is 0 Å². The summed E-state index contributed by atoms with van der Waals surface area (Å²) in [7, 11) is 0. The van der Waals surface area contributed by atoms with Crippen molar-refractivity contribution in [3.63, 3.8) is 0 Å². The third-order valence-corrected chi connectivity index (χ3v) is 2.48. The fourth-order valence-electron chi connectivity index (χ4n) is 1.74. The van der Waals surface area contributed by atoms with Gasteiger partial charge in [-0.05, 0) is 19.3 Å². The standard InChI is InChI=1S/C11H20O3/c1-10(12)14-11-6-4-2-3-5-8-13-9-7-11/h11H,2-9H2,1H3. The van der Waals surface area contributed by atoms with E-state index in [1.54, 1.807) is 0 Å². The Hall–Kier alpha value is -0.570. The van der Waals surface area contributed by atoms with Crippen LogP contribution in [-0.4, -0.2) is 25.3 Å². The third kappa shape index (κ3) is 5.22. The molecule has 0 bridgehead atoms. The van der Waals surface area contributed by atoms with Crippen molar-refractivity contribution >= 4 is 5.97 Å². The van der Waals surface area contributed by atoms with Crippen LogP contribution < -0.4 is 0 Å². The normalized spacial score (nSPS) is 25.4. The SMILES string of the molecule is CC(=O)OC1CCCCCCOCC1. The van der Waals surface area contributed by atoms with E-state index >= 15 is 0 Å². The first-order valence-corrected chi connectivity index (χ1v) is 5.54. The van der Waals surface area contributed by atoms with Gasteiger partial charge >= 0.3 is 5.97 Å². The average molecular weight is 200 g/mol. The van der Waals surface area contributed by atoms with E-state index < -0.39 is 0 Å². The Morgan fingerprint density at radius 2 is 1.93 bits per heavy atom. The molecule has 1 atom stereocenters. The number of ether oxygens (including phenoxy) is 2. The molecule has 1 unspecified atom stereocenters. The fourth-order valence-corrected chi connectivity index (χ4v) is 1.74. The van der Waals surface area contributed by atoms with E-state index in [2.05, 4.69) is 0 Å². The van der Waals surface area contributed by atoms with Crippen LogP contribution in [0.3, 0.4) is 0 Å². The Bertz CT molecular complexity index is 158. The second kappa shape index (κ2) is 6.82. The number of carbonyl (C=O) groups is 1. The molecule has 1 aliphatic heterocycles. The summed E-state index contributed by atoms with van der Waals surface area (Å²) in [6.07, 6.45) is 6.69. The van der Waals surface area contributed by atoms with Gasteiger partial charge in [0.15, 0.2) is 0 Å². The van der Waals surface area contributed by atoms with Gasteiger partial charge < -0.3 is 9.47 Å². The van der Waals surface area contributed by atoms with Gasteiger partial charge in [0.2, 0.25) is 0 Å². The van der Waals surface area contributed by atoms with Crippen LogP contribution in [0.15, 0.2) is 0 Å². The molecule has 0 spiro atoms. The van der Waals surface area contributed by atoms with Crippen molar-refractivity contribution in [2.24, 2.45) is 0 Å². The van der Waals surface area contributed by atoms with Gasteiger partial charge in [0, 0.05) is 20.0 Å². The minimum atomic E-state index is -0.174. The minimum absolute atomic E-state index is 0.0746. The maximum atomic E-state index is 10.8. The number of hydrogen-bond acceptors (Lipinski definition) is 3. The molecule has 0 aliphatic carbocycles. The summed E-state index contributed by atoms with van der Waals surface area (Å²) in [6, 6.07) is 0. The highest BCUT2D eigenvalue weighted by atomic mass is 16.5. The zero-order valence-corrected chi connectivity index (χ0v) is 8.96. The second-order valence-corrected chi connectivity index (χ2v) is 3.84. The van der Waals surface area contributed by atoms with Gasteiger partial charge in [-0.3, -0.25) is 4.79 Å². The first-order valence-electron chi connectivity index (χ1n) is 5.54. The molecule has 0 N–H and O–H groups in total. The number of carbonyl (C=O) groups excluding carboxylic acids is 1. The molecule has 0 aromatic carbocycles. The monoisotopic (exact) mass is 200 g/mol. The van der Waals surface area contributed by atoms with Crippen LogP contribution in [0.2, 0.25) is 0 Å². The molecule has 1 fully saturated rings. The predicted octanol–water partition coefficient (Wildman–Crippen LogP) is 2.29. The highest BCUT2D eigenvalue weighted by Gasteiger charge is 2.12. The van der Waals surface area contributed by atoms with E-state index in [1.165, 1.54) is 19.8 Å². The van der Waals surface area contributed by atoms with Gasteiger partial charge in [0.1, 0.15) is 6.10 Å². The van der Waals surface area contributed by atoms with Crippen molar-refractivity contribution < 1.29 is 14.3 Å². The lowest BCUT2D eigenvalue weighted by Crippen LogP contribution is -2.19. The van der Waals surface area contributed by atoms with Crippen LogP contribution >= 0.6 is 0 Å². The van der Waals surface area contributed by atoms with E-state index in [4.69, 9.17) is 9.47 Å². The molecular weight excluding hydrogens is 180 g/mol. The Kier molecular flexibility index (Phi) is 5.60. The quantitative estimate of drug-likeness (QED) is 0.609. The van der Waals surface area contributed by atoms with Crippen LogP contribution in [0.4, 0.5) is 0 Å². The first kappa shape index (κ1) is 11.5. The summed E-state index contributed by atoms with van der Waals surface area (Å²) in [5.74, 6) is -0.174. The lowest BCUT2D eigenvalue weighted by Gasteiger charge is -2.18. The van der Waals surface area contributed by atoms with Crippen LogP contribution in [0.5, 0.6) is 0 Å². The molecule has 1 heterocycles. The molecule has 0 amide bonds. The largest absolute Gasteiger partial charge is 0.462 e. The lowest BCUT2D eigenvalue weighted by molar-refractivity contribution is -0.147. The van der Waals surface area contributed by atoms with Crippen molar-refractivity contribution in [2.45, 2.75) is 51.6 Å². The Morgan fingerprint density at radius 3 is 2.71 bits per heavy atom. The van der Waals surface area contributed by atoms with Gasteiger partial charge in [-0.15, -0.1) is 0 Å². The maximum absolute atomic E-state index is 10.8. The van der Waals surface area contributed by atoms with Gasteiger partial charge in [0.25, 0.3) is 0 Å². The lowest BCUT2D eigenvalue weighted by atomic mass is 10.1. The van der Waals surface area contributed by atoms with Crippen LogP contribution in [0.1, 0.15) is 45.4 Å². The minimum Gasteiger partial charge on any atom is -0.462 e. The van der Waals surface area contributed by atoms with Crippen LogP contribution in [-0.2, 0) is 14.3 Å². The van der Waals surface area contributed by atoms with Crippen molar-refractivity contribution in [2.75, 3.05) is 13.2 Å². The zero-order chi connectivity index (χ0) is 10.2. The molecular formula is C11H20O3. The van der Waals surface area contributed by atoms with Gasteiger partial charge in [-0.25, -0.2) is 0 Å². The summed E-state index contributed by atoms with van der Waals surface area (Å²) in [4.78, 5) is 10.8. The van der Waals surface area contributed by atoms with E-state index in [-0.39, 0.29) is 12.1 Å². The van der Waals surface area contributed by atoms with Crippen molar-refractivity contribution in [1.82, 2.24) is 0 Å². The molecule has 1 aliphatic rings. The second-order valence-electron chi connectivity index (χ2n) is 3.84. The molecule has 0 saturated carbocycles. The summed E-state index contributed by atoms with van der Waals surface area (Å²) in [6.45, 7) is 3.05. The van der Waals surface area contributed by atoms with E-state index in [9.17, 15) is 4.79 Å². The van der Waals surface area contributed by atoms with E-state index in [0.29, 0.717) is 0 Å². The number of rotatable bonds is 1. The van der Waals surface area contributed by atoms with Gasteiger partial charge in [0.05, 0.1) is 6.61 Å². The molecule has 14 heavy (non-hydrogen) atoms. The highest BCUT2D eigenvalue weighted by Crippen LogP contribution is 2.13. The van der Waals surface area contributed by atoms with Crippen molar-refractivity contribution in [3.8, 4) is 0 Å².